The topological polar surface area (TPSA) is 0 Å². The molecule has 0 saturated carbocycles. The van der Waals surface area contributed by atoms with Crippen molar-refractivity contribution >= 4 is 12.6 Å². The van der Waals surface area contributed by atoms with Crippen LogP contribution in [-0.4, -0.2) is 5.75 Å². The summed E-state index contributed by atoms with van der Waals surface area (Å²) in [7, 11) is 0. The van der Waals surface area contributed by atoms with Crippen LogP contribution in [0.25, 0.3) is 0 Å². The second-order valence-electron chi connectivity index (χ2n) is 4.13. The van der Waals surface area contributed by atoms with Crippen LogP contribution < -0.4 is 0 Å². The van der Waals surface area contributed by atoms with Crippen LogP contribution in [-0.2, 0) is 0 Å². The molecule has 0 unspecified atom stereocenters. The van der Waals surface area contributed by atoms with E-state index in [2.05, 4.69) is 33.4 Å². The summed E-state index contributed by atoms with van der Waals surface area (Å²) in [5, 5.41) is 0. The molecule has 0 aliphatic carbocycles. The Labute approximate surface area is 77.2 Å². The zero-order valence-electron chi connectivity index (χ0n) is 8.19. The third-order valence-corrected chi connectivity index (χ3v) is 2.99. The Morgan fingerprint density at radius 1 is 1.09 bits per heavy atom. The molecule has 0 aromatic heterocycles. The molecular formula is C10H22S. The van der Waals surface area contributed by atoms with Gasteiger partial charge in [-0.3, -0.25) is 0 Å². The molecule has 0 heterocycles. The molecule has 0 saturated heterocycles. The molecule has 0 rings (SSSR count). The Kier molecular flexibility index (Phi) is 6.12. The second-order valence-corrected chi connectivity index (χ2v) is 4.45. The molecule has 0 aliphatic heterocycles. The first-order chi connectivity index (χ1) is 5.12. The lowest BCUT2D eigenvalue weighted by molar-refractivity contribution is 0.367. The van der Waals surface area contributed by atoms with Gasteiger partial charge in [-0.2, -0.15) is 12.6 Å². The van der Waals surface area contributed by atoms with Gasteiger partial charge in [0.25, 0.3) is 0 Å². The SMILES string of the molecule is CCCCCCC(C)(C)CS. The summed E-state index contributed by atoms with van der Waals surface area (Å²) in [6.45, 7) is 6.85. The Balaban J connectivity index is 3.23. The number of hydrogen-bond donors (Lipinski definition) is 1. The summed E-state index contributed by atoms with van der Waals surface area (Å²) in [5.74, 6) is 1.01. The van der Waals surface area contributed by atoms with Crippen molar-refractivity contribution in [2.75, 3.05) is 5.75 Å². The van der Waals surface area contributed by atoms with Gasteiger partial charge in [-0.05, 0) is 17.6 Å². The van der Waals surface area contributed by atoms with Crippen LogP contribution >= 0.6 is 12.6 Å². The molecule has 0 aromatic carbocycles. The molecular weight excluding hydrogens is 152 g/mol. The molecule has 0 aliphatic rings. The van der Waals surface area contributed by atoms with Gasteiger partial charge in [0.1, 0.15) is 0 Å². The van der Waals surface area contributed by atoms with Gasteiger partial charge < -0.3 is 0 Å². The molecule has 11 heavy (non-hydrogen) atoms. The maximum absolute atomic E-state index is 4.33. The summed E-state index contributed by atoms with van der Waals surface area (Å²) < 4.78 is 0. The Bertz CT molecular complexity index is 86.9. The first kappa shape index (κ1) is 11.4. The molecule has 68 valence electrons. The van der Waals surface area contributed by atoms with E-state index in [9.17, 15) is 0 Å². The van der Waals surface area contributed by atoms with E-state index in [4.69, 9.17) is 0 Å². The summed E-state index contributed by atoms with van der Waals surface area (Å²) >= 11 is 4.33. The quantitative estimate of drug-likeness (QED) is 0.458. The predicted molar refractivity (Wildman–Crippen MR) is 56.4 cm³/mol. The van der Waals surface area contributed by atoms with Crippen molar-refractivity contribution in [1.82, 2.24) is 0 Å². The van der Waals surface area contributed by atoms with Crippen LogP contribution in [0.4, 0.5) is 0 Å². The van der Waals surface area contributed by atoms with Gasteiger partial charge >= 0.3 is 0 Å². The fourth-order valence-electron chi connectivity index (χ4n) is 1.11. The summed E-state index contributed by atoms with van der Waals surface area (Å²) in [6.07, 6.45) is 6.83. The molecule has 0 amide bonds. The van der Waals surface area contributed by atoms with E-state index in [0.717, 1.165) is 5.75 Å². The van der Waals surface area contributed by atoms with E-state index < -0.39 is 0 Å². The fraction of sp³-hybridized carbons (Fsp3) is 1.00. The molecule has 0 N–H and O–H groups in total. The minimum atomic E-state index is 0.455. The van der Waals surface area contributed by atoms with Crippen molar-refractivity contribution in [3.8, 4) is 0 Å². The molecule has 1 heteroatoms. The van der Waals surface area contributed by atoms with E-state index in [1.54, 1.807) is 0 Å². The van der Waals surface area contributed by atoms with Gasteiger partial charge in [0.15, 0.2) is 0 Å². The van der Waals surface area contributed by atoms with Gasteiger partial charge in [-0.25, -0.2) is 0 Å². The normalized spacial score (nSPS) is 12.0. The average Bonchev–Trinajstić information content (AvgIpc) is 1.99. The molecule has 0 nitrogen and oxygen atoms in total. The Hall–Kier alpha value is 0.350. The lowest BCUT2D eigenvalue weighted by Gasteiger charge is -2.21. The number of rotatable bonds is 6. The molecule has 0 fully saturated rings. The van der Waals surface area contributed by atoms with Crippen molar-refractivity contribution in [1.29, 1.82) is 0 Å². The Morgan fingerprint density at radius 3 is 2.18 bits per heavy atom. The minimum absolute atomic E-state index is 0.455. The van der Waals surface area contributed by atoms with E-state index in [1.165, 1.54) is 32.1 Å². The summed E-state index contributed by atoms with van der Waals surface area (Å²) in [6, 6.07) is 0. The largest absolute Gasteiger partial charge is 0.179 e. The highest BCUT2D eigenvalue weighted by Gasteiger charge is 2.13. The van der Waals surface area contributed by atoms with Crippen molar-refractivity contribution in [3.63, 3.8) is 0 Å². The minimum Gasteiger partial charge on any atom is -0.179 e. The molecule has 0 spiro atoms. The smallest absolute Gasteiger partial charge is 0.00464 e. The standard InChI is InChI=1S/C10H22S/c1-4-5-6-7-8-10(2,3)9-11/h11H,4-9H2,1-3H3. The van der Waals surface area contributed by atoms with E-state index >= 15 is 0 Å². The average molecular weight is 174 g/mol. The third kappa shape index (κ3) is 6.74. The monoisotopic (exact) mass is 174 g/mol. The fourth-order valence-corrected chi connectivity index (χ4v) is 1.27. The molecule has 0 bridgehead atoms. The molecule has 0 atom stereocenters. The lowest BCUT2D eigenvalue weighted by atomic mass is 9.89. The van der Waals surface area contributed by atoms with E-state index in [1.807, 2.05) is 0 Å². The maximum Gasteiger partial charge on any atom is -0.00464 e. The predicted octanol–water partition coefficient (Wildman–Crippen LogP) is 3.91. The van der Waals surface area contributed by atoms with E-state index in [0.29, 0.717) is 5.41 Å². The van der Waals surface area contributed by atoms with Crippen LogP contribution in [0.5, 0.6) is 0 Å². The lowest BCUT2D eigenvalue weighted by Crippen LogP contribution is -2.12. The highest BCUT2D eigenvalue weighted by molar-refractivity contribution is 7.80. The third-order valence-electron chi connectivity index (χ3n) is 2.14. The highest BCUT2D eigenvalue weighted by Crippen LogP contribution is 2.24. The van der Waals surface area contributed by atoms with Crippen molar-refractivity contribution in [2.24, 2.45) is 5.41 Å². The van der Waals surface area contributed by atoms with Gasteiger partial charge in [0.2, 0.25) is 0 Å². The number of unbranched alkanes of at least 4 members (excludes halogenated alkanes) is 3. The van der Waals surface area contributed by atoms with Gasteiger partial charge in [0.05, 0.1) is 0 Å². The highest BCUT2D eigenvalue weighted by atomic mass is 32.1. The van der Waals surface area contributed by atoms with Crippen LogP contribution in [0.2, 0.25) is 0 Å². The molecule has 0 aromatic rings. The summed E-state index contributed by atoms with van der Waals surface area (Å²) in [5.41, 5.74) is 0.455. The van der Waals surface area contributed by atoms with Crippen LogP contribution in [0.15, 0.2) is 0 Å². The van der Waals surface area contributed by atoms with Crippen LogP contribution in [0, 0.1) is 5.41 Å². The zero-order chi connectivity index (χ0) is 8.74. The first-order valence-electron chi connectivity index (χ1n) is 4.73. The first-order valence-corrected chi connectivity index (χ1v) is 5.36. The molecule has 0 radical (unpaired) electrons. The van der Waals surface area contributed by atoms with Gasteiger partial charge in [-0.15, -0.1) is 0 Å². The number of thiol groups is 1. The Morgan fingerprint density at radius 2 is 1.73 bits per heavy atom. The summed E-state index contributed by atoms with van der Waals surface area (Å²) in [4.78, 5) is 0. The van der Waals surface area contributed by atoms with Gasteiger partial charge in [-0.1, -0.05) is 46.5 Å². The van der Waals surface area contributed by atoms with Gasteiger partial charge in [0, 0.05) is 0 Å². The number of hydrogen-bond acceptors (Lipinski definition) is 1. The van der Waals surface area contributed by atoms with Crippen LogP contribution in [0.3, 0.4) is 0 Å². The van der Waals surface area contributed by atoms with Crippen LogP contribution in [0.1, 0.15) is 52.9 Å². The second kappa shape index (κ2) is 5.93. The van der Waals surface area contributed by atoms with Crippen molar-refractivity contribution < 1.29 is 0 Å². The zero-order valence-corrected chi connectivity index (χ0v) is 9.08. The van der Waals surface area contributed by atoms with E-state index in [-0.39, 0.29) is 0 Å². The van der Waals surface area contributed by atoms with Crippen molar-refractivity contribution in [3.05, 3.63) is 0 Å². The maximum atomic E-state index is 4.33. The van der Waals surface area contributed by atoms with Crippen molar-refractivity contribution in [2.45, 2.75) is 52.9 Å².